The van der Waals surface area contributed by atoms with Crippen LogP contribution >= 0.6 is 11.6 Å². The molecule has 6 heteroatoms. The number of carbonyl (C=O) groups is 1. The summed E-state index contributed by atoms with van der Waals surface area (Å²) in [5.41, 5.74) is 2.80. The summed E-state index contributed by atoms with van der Waals surface area (Å²) < 4.78 is 2.29. The molecule has 0 radical (unpaired) electrons. The molecule has 0 spiro atoms. The first kappa shape index (κ1) is 17.7. The number of hydrogen-bond acceptors (Lipinski definition) is 3. The van der Waals surface area contributed by atoms with E-state index >= 15 is 0 Å². The van der Waals surface area contributed by atoms with E-state index in [2.05, 4.69) is 26.8 Å². The van der Waals surface area contributed by atoms with Crippen LogP contribution in [0, 0.1) is 17.8 Å². The molecule has 3 aromatic rings. The molecule has 2 fully saturated rings. The van der Waals surface area contributed by atoms with E-state index in [1.165, 1.54) is 0 Å². The minimum absolute atomic E-state index is 0.00304. The van der Waals surface area contributed by atoms with Gasteiger partial charge in [-0.1, -0.05) is 18.5 Å². The summed E-state index contributed by atoms with van der Waals surface area (Å²) in [6, 6.07) is 9.78. The number of amides is 1. The molecule has 5 atom stereocenters. The lowest BCUT2D eigenvalue weighted by Crippen LogP contribution is -2.37. The van der Waals surface area contributed by atoms with Crippen molar-refractivity contribution in [2.24, 2.45) is 17.8 Å². The molecule has 0 saturated heterocycles. The minimum Gasteiger partial charge on any atom is -0.349 e. The highest BCUT2D eigenvalue weighted by Gasteiger charge is 2.59. The van der Waals surface area contributed by atoms with Gasteiger partial charge in [0.1, 0.15) is 0 Å². The maximum absolute atomic E-state index is 12.6. The van der Waals surface area contributed by atoms with Gasteiger partial charge in [0.05, 0.1) is 23.6 Å². The molecule has 2 aliphatic rings. The third kappa shape index (κ3) is 2.98. The zero-order valence-corrected chi connectivity index (χ0v) is 16.5. The van der Waals surface area contributed by atoms with Crippen molar-refractivity contribution in [1.82, 2.24) is 19.9 Å². The molecular formula is C22H23ClN4O. The van der Waals surface area contributed by atoms with E-state index in [0.29, 0.717) is 34.4 Å². The molecule has 1 N–H and O–H groups in total. The Morgan fingerprint density at radius 1 is 1.25 bits per heavy atom. The van der Waals surface area contributed by atoms with Gasteiger partial charge in [0.25, 0.3) is 5.91 Å². The second-order valence-corrected chi connectivity index (χ2v) is 8.48. The summed E-state index contributed by atoms with van der Waals surface area (Å²) in [5, 5.41) is 3.91. The molecular weight excluding hydrogens is 372 g/mol. The topological polar surface area (TPSA) is 59.8 Å². The van der Waals surface area contributed by atoms with Gasteiger partial charge in [-0.25, -0.2) is 4.98 Å². The SMILES string of the molecule is CCC(NC(=O)c1ccc(Cl)cc1)C1[C@H]2CC(n3cnc4ccncc43)C[C@@H]12. The number of nitrogens with one attached hydrogen (secondary N) is 1. The van der Waals surface area contributed by atoms with Crippen LogP contribution in [-0.4, -0.2) is 26.5 Å². The lowest BCUT2D eigenvalue weighted by molar-refractivity contribution is 0.0927. The largest absolute Gasteiger partial charge is 0.349 e. The van der Waals surface area contributed by atoms with E-state index in [1.807, 2.05) is 18.6 Å². The van der Waals surface area contributed by atoms with Gasteiger partial charge in [0.15, 0.2) is 0 Å². The van der Waals surface area contributed by atoms with E-state index in [1.54, 1.807) is 30.5 Å². The minimum atomic E-state index is -0.00304. The summed E-state index contributed by atoms with van der Waals surface area (Å²) in [5.74, 6) is 1.96. The number of fused-ring (bicyclic) bond motifs is 2. The number of pyridine rings is 1. The quantitative estimate of drug-likeness (QED) is 0.693. The lowest BCUT2D eigenvalue weighted by Gasteiger charge is -2.22. The Labute approximate surface area is 169 Å². The second kappa shape index (κ2) is 6.89. The fourth-order valence-electron chi connectivity index (χ4n) is 5.17. The van der Waals surface area contributed by atoms with Gasteiger partial charge in [-0.3, -0.25) is 9.78 Å². The molecule has 2 aromatic heterocycles. The smallest absolute Gasteiger partial charge is 0.251 e. The number of carbonyl (C=O) groups excluding carboxylic acids is 1. The van der Waals surface area contributed by atoms with Crippen molar-refractivity contribution in [2.45, 2.75) is 38.3 Å². The van der Waals surface area contributed by atoms with Crippen molar-refractivity contribution in [3.63, 3.8) is 0 Å². The summed E-state index contributed by atoms with van der Waals surface area (Å²) >= 11 is 5.92. The second-order valence-electron chi connectivity index (χ2n) is 8.04. The fourth-order valence-corrected chi connectivity index (χ4v) is 5.30. The normalized spacial score (nSPS) is 26.8. The van der Waals surface area contributed by atoms with Crippen LogP contribution in [0.4, 0.5) is 0 Å². The average Bonchev–Trinajstić information content (AvgIpc) is 3.07. The molecule has 5 nitrogen and oxygen atoms in total. The fraction of sp³-hybridized carbons (Fsp3) is 0.409. The Bertz CT molecular complexity index is 1000. The third-order valence-corrected chi connectivity index (χ3v) is 6.84. The molecule has 0 aliphatic heterocycles. The van der Waals surface area contributed by atoms with E-state index < -0.39 is 0 Å². The number of aromatic nitrogens is 3. The number of nitrogens with zero attached hydrogens (tertiary/aromatic N) is 3. The Morgan fingerprint density at radius 2 is 2.00 bits per heavy atom. The molecule has 28 heavy (non-hydrogen) atoms. The summed E-state index contributed by atoms with van der Waals surface area (Å²) in [6.45, 7) is 2.16. The summed E-state index contributed by atoms with van der Waals surface area (Å²) in [4.78, 5) is 21.4. The molecule has 3 unspecified atom stereocenters. The van der Waals surface area contributed by atoms with Gasteiger partial charge in [0, 0.05) is 28.9 Å². The van der Waals surface area contributed by atoms with Crippen molar-refractivity contribution in [1.29, 1.82) is 0 Å². The zero-order chi connectivity index (χ0) is 19.3. The summed E-state index contributed by atoms with van der Waals surface area (Å²) in [7, 11) is 0. The maximum atomic E-state index is 12.6. The van der Waals surface area contributed by atoms with E-state index in [0.717, 1.165) is 30.3 Å². The number of imidazole rings is 1. The molecule has 2 saturated carbocycles. The first-order valence-electron chi connectivity index (χ1n) is 9.98. The van der Waals surface area contributed by atoms with Crippen LogP contribution in [0.15, 0.2) is 49.1 Å². The van der Waals surface area contributed by atoms with E-state index in [9.17, 15) is 4.79 Å². The number of rotatable bonds is 5. The van der Waals surface area contributed by atoms with Gasteiger partial charge < -0.3 is 9.88 Å². The Morgan fingerprint density at radius 3 is 2.71 bits per heavy atom. The maximum Gasteiger partial charge on any atom is 0.251 e. The van der Waals surface area contributed by atoms with Crippen LogP contribution in [-0.2, 0) is 0 Å². The van der Waals surface area contributed by atoms with Gasteiger partial charge in [-0.2, -0.15) is 0 Å². The van der Waals surface area contributed by atoms with Crippen molar-refractivity contribution in [3.8, 4) is 0 Å². The standard InChI is InChI=1S/C22H23ClN4O/c1-2-18(26-22(28)13-3-5-14(23)6-4-13)21-16-9-15(10-17(16)21)27-12-25-19-7-8-24-11-20(19)27/h3-8,11-12,15-18,21H,2,9-10H2,1H3,(H,26,28)/t15?,16-,17+,18?,21?. The van der Waals surface area contributed by atoms with Crippen LogP contribution in [0.25, 0.3) is 11.0 Å². The molecule has 144 valence electrons. The molecule has 5 rings (SSSR count). The molecule has 2 aliphatic carbocycles. The van der Waals surface area contributed by atoms with Crippen LogP contribution in [0.2, 0.25) is 5.02 Å². The highest BCUT2D eigenvalue weighted by molar-refractivity contribution is 6.30. The number of halogens is 1. The third-order valence-electron chi connectivity index (χ3n) is 6.58. The number of hydrogen-bond donors (Lipinski definition) is 1. The van der Waals surface area contributed by atoms with Crippen LogP contribution in [0.3, 0.4) is 0 Å². The van der Waals surface area contributed by atoms with Crippen LogP contribution < -0.4 is 5.32 Å². The molecule has 1 amide bonds. The first-order valence-corrected chi connectivity index (χ1v) is 10.4. The van der Waals surface area contributed by atoms with Gasteiger partial charge >= 0.3 is 0 Å². The predicted molar refractivity (Wildman–Crippen MR) is 109 cm³/mol. The Hall–Kier alpha value is -2.40. The Balaban J connectivity index is 1.24. The van der Waals surface area contributed by atoms with Crippen molar-refractivity contribution >= 4 is 28.5 Å². The molecule has 1 aromatic carbocycles. The number of benzene rings is 1. The molecule has 2 heterocycles. The monoisotopic (exact) mass is 394 g/mol. The van der Waals surface area contributed by atoms with E-state index in [4.69, 9.17) is 11.6 Å². The van der Waals surface area contributed by atoms with Gasteiger partial charge in [-0.05, 0) is 67.3 Å². The summed E-state index contributed by atoms with van der Waals surface area (Å²) in [6.07, 6.45) is 8.92. The zero-order valence-electron chi connectivity index (χ0n) is 15.8. The highest BCUT2D eigenvalue weighted by atomic mass is 35.5. The highest BCUT2D eigenvalue weighted by Crippen LogP contribution is 2.62. The van der Waals surface area contributed by atoms with Crippen LogP contribution in [0.1, 0.15) is 42.6 Å². The van der Waals surface area contributed by atoms with Crippen molar-refractivity contribution in [3.05, 3.63) is 59.6 Å². The lowest BCUT2D eigenvalue weighted by atomic mass is 9.99. The Kier molecular flexibility index (Phi) is 4.35. The van der Waals surface area contributed by atoms with E-state index in [-0.39, 0.29) is 11.9 Å². The average molecular weight is 395 g/mol. The van der Waals surface area contributed by atoms with Crippen LogP contribution in [0.5, 0.6) is 0 Å². The van der Waals surface area contributed by atoms with Gasteiger partial charge in [0.2, 0.25) is 0 Å². The van der Waals surface area contributed by atoms with Gasteiger partial charge in [-0.15, -0.1) is 0 Å². The van der Waals surface area contributed by atoms with Crippen molar-refractivity contribution < 1.29 is 4.79 Å². The molecule has 0 bridgehead atoms. The van der Waals surface area contributed by atoms with Crippen molar-refractivity contribution in [2.75, 3.05) is 0 Å². The predicted octanol–water partition coefficient (Wildman–Crippen LogP) is 4.49. The first-order chi connectivity index (χ1) is 13.7.